The fourth-order valence-corrected chi connectivity index (χ4v) is 3.06. The second-order valence-corrected chi connectivity index (χ2v) is 6.78. The van der Waals surface area contributed by atoms with Gasteiger partial charge in [-0.2, -0.15) is 0 Å². The molecule has 1 heterocycles. The summed E-state index contributed by atoms with van der Waals surface area (Å²) < 4.78 is 6.24. The molecule has 0 atom stereocenters. The van der Waals surface area contributed by atoms with E-state index in [1.54, 1.807) is 36.5 Å². The van der Waals surface area contributed by atoms with Gasteiger partial charge in [-0.1, -0.05) is 35.9 Å². The first-order valence-corrected chi connectivity index (χ1v) is 9.15. The quantitative estimate of drug-likeness (QED) is 0.676. The van der Waals surface area contributed by atoms with Crippen LogP contribution in [0.4, 0.5) is 5.69 Å². The average molecular weight is 390 g/mol. The number of benzene rings is 2. The van der Waals surface area contributed by atoms with E-state index < -0.39 is 17.4 Å². The Balaban J connectivity index is 1.90. The van der Waals surface area contributed by atoms with Crippen LogP contribution in [0.25, 0.3) is 0 Å². The summed E-state index contributed by atoms with van der Waals surface area (Å²) in [6.45, 7) is 4.35. The van der Waals surface area contributed by atoms with Gasteiger partial charge in [-0.25, -0.2) is 4.79 Å². The summed E-state index contributed by atoms with van der Waals surface area (Å²) in [7, 11) is 1.27. The van der Waals surface area contributed by atoms with Crippen molar-refractivity contribution in [2.45, 2.75) is 20.4 Å². The average Bonchev–Trinajstić information content (AvgIpc) is 2.72. The summed E-state index contributed by atoms with van der Waals surface area (Å²) in [5.41, 5.74) is 3.29. The first-order valence-electron chi connectivity index (χ1n) is 9.15. The number of anilines is 1. The molecule has 148 valence electrons. The molecule has 6 nitrogen and oxygen atoms in total. The van der Waals surface area contributed by atoms with Crippen molar-refractivity contribution >= 4 is 17.6 Å². The van der Waals surface area contributed by atoms with Gasteiger partial charge in [0.2, 0.25) is 0 Å². The van der Waals surface area contributed by atoms with Crippen LogP contribution < -0.4 is 10.9 Å². The van der Waals surface area contributed by atoms with Gasteiger partial charge in [0, 0.05) is 6.20 Å². The van der Waals surface area contributed by atoms with Gasteiger partial charge in [-0.15, -0.1) is 0 Å². The van der Waals surface area contributed by atoms with Crippen molar-refractivity contribution in [2.24, 2.45) is 0 Å². The molecule has 1 N–H and O–H groups in total. The molecule has 0 bridgehead atoms. The predicted molar refractivity (Wildman–Crippen MR) is 111 cm³/mol. The number of carbonyl (C=O) groups is 2. The van der Waals surface area contributed by atoms with Crippen LogP contribution in [0.3, 0.4) is 0 Å². The van der Waals surface area contributed by atoms with Crippen LogP contribution in [-0.2, 0) is 11.3 Å². The highest BCUT2D eigenvalue weighted by Gasteiger charge is 2.17. The molecule has 0 aliphatic rings. The van der Waals surface area contributed by atoms with Gasteiger partial charge in [0.25, 0.3) is 11.5 Å². The van der Waals surface area contributed by atoms with Crippen molar-refractivity contribution in [1.29, 1.82) is 0 Å². The largest absolute Gasteiger partial charge is 0.465 e. The first-order chi connectivity index (χ1) is 13.9. The van der Waals surface area contributed by atoms with Crippen molar-refractivity contribution in [3.05, 3.63) is 99.0 Å². The third kappa shape index (κ3) is 4.43. The highest BCUT2D eigenvalue weighted by Crippen LogP contribution is 2.17. The molecule has 0 spiro atoms. The highest BCUT2D eigenvalue weighted by atomic mass is 16.5. The smallest absolute Gasteiger partial charge is 0.339 e. The van der Waals surface area contributed by atoms with Gasteiger partial charge in [0.15, 0.2) is 0 Å². The van der Waals surface area contributed by atoms with Crippen LogP contribution in [0.2, 0.25) is 0 Å². The second-order valence-electron chi connectivity index (χ2n) is 6.78. The van der Waals surface area contributed by atoms with Crippen molar-refractivity contribution in [2.75, 3.05) is 12.4 Å². The van der Waals surface area contributed by atoms with E-state index in [2.05, 4.69) is 5.32 Å². The van der Waals surface area contributed by atoms with E-state index in [9.17, 15) is 14.4 Å². The number of hydrogen-bond acceptors (Lipinski definition) is 4. The van der Waals surface area contributed by atoms with Crippen LogP contribution >= 0.6 is 0 Å². The molecule has 0 unspecified atom stereocenters. The number of para-hydroxylation sites is 1. The molecule has 0 saturated carbocycles. The van der Waals surface area contributed by atoms with Crippen LogP contribution in [0, 0.1) is 13.8 Å². The zero-order valence-electron chi connectivity index (χ0n) is 16.6. The summed E-state index contributed by atoms with van der Waals surface area (Å²) in [5.74, 6) is -1.15. The lowest BCUT2D eigenvalue weighted by Crippen LogP contribution is -2.29. The lowest BCUT2D eigenvalue weighted by molar-refractivity contribution is 0.0602. The Bertz CT molecular complexity index is 1130. The molecular weight excluding hydrogens is 368 g/mol. The minimum atomic E-state index is -0.582. The third-order valence-corrected chi connectivity index (χ3v) is 4.69. The van der Waals surface area contributed by atoms with E-state index in [0.29, 0.717) is 6.54 Å². The number of esters is 1. The molecule has 1 aromatic heterocycles. The Kier molecular flexibility index (Phi) is 5.93. The number of nitrogens with zero attached hydrogens (tertiary/aromatic N) is 1. The van der Waals surface area contributed by atoms with E-state index >= 15 is 0 Å². The fourth-order valence-electron chi connectivity index (χ4n) is 3.06. The topological polar surface area (TPSA) is 77.4 Å². The number of pyridine rings is 1. The number of methoxy groups -OCH3 is 1. The monoisotopic (exact) mass is 390 g/mol. The van der Waals surface area contributed by atoms with E-state index in [0.717, 1.165) is 16.7 Å². The molecule has 29 heavy (non-hydrogen) atoms. The minimum Gasteiger partial charge on any atom is -0.465 e. The molecule has 3 rings (SSSR count). The molecule has 0 fully saturated rings. The van der Waals surface area contributed by atoms with Gasteiger partial charge >= 0.3 is 5.97 Å². The molecule has 6 heteroatoms. The Labute approximate surface area is 168 Å². The number of rotatable bonds is 5. The van der Waals surface area contributed by atoms with Crippen molar-refractivity contribution in [1.82, 2.24) is 4.57 Å². The summed E-state index contributed by atoms with van der Waals surface area (Å²) in [4.78, 5) is 37.5. The van der Waals surface area contributed by atoms with Gasteiger partial charge in [0.1, 0.15) is 5.56 Å². The highest BCUT2D eigenvalue weighted by molar-refractivity contribution is 6.07. The molecule has 1 amide bonds. The predicted octanol–water partition coefficient (Wildman–Crippen LogP) is 3.55. The van der Waals surface area contributed by atoms with Crippen molar-refractivity contribution in [3.63, 3.8) is 0 Å². The lowest BCUT2D eigenvalue weighted by atomic mass is 10.1. The standard InChI is InChI=1S/C23H22N2O4/c1-15-10-11-16(2)17(13-15)14-25-12-6-8-19(22(25)27)21(26)24-20-9-5-4-7-18(20)23(28)29-3/h4-13H,14H2,1-3H3,(H,24,26). The number of ether oxygens (including phenoxy) is 1. The Morgan fingerprint density at radius 3 is 2.48 bits per heavy atom. The van der Waals surface area contributed by atoms with Crippen LogP contribution in [0.5, 0.6) is 0 Å². The first kappa shape index (κ1) is 20.1. The van der Waals surface area contributed by atoms with E-state index in [1.807, 2.05) is 32.0 Å². The zero-order chi connectivity index (χ0) is 21.0. The van der Waals surface area contributed by atoms with Crippen LogP contribution in [-0.4, -0.2) is 23.6 Å². The lowest BCUT2D eigenvalue weighted by Gasteiger charge is -2.12. The van der Waals surface area contributed by atoms with Crippen LogP contribution in [0.1, 0.15) is 37.4 Å². The summed E-state index contributed by atoms with van der Waals surface area (Å²) in [5, 5.41) is 2.64. The molecule has 0 radical (unpaired) electrons. The van der Waals surface area contributed by atoms with E-state index in [1.165, 1.54) is 17.7 Å². The maximum atomic E-state index is 12.9. The molecule has 0 saturated heterocycles. The van der Waals surface area contributed by atoms with Gasteiger partial charge in [-0.3, -0.25) is 9.59 Å². The zero-order valence-corrected chi connectivity index (χ0v) is 16.6. The van der Waals surface area contributed by atoms with Gasteiger partial charge in [0.05, 0.1) is 24.9 Å². The molecule has 2 aromatic carbocycles. The van der Waals surface area contributed by atoms with Gasteiger partial charge in [-0.05, 0) is 49.2 Å². The summed E-state index contributed by atoms with van der Waals surface area (Å²) in [6, 6.07) is 15.7. The number of hydrogen-bond donors (Lipinski definition) is 1. The number of amides is 1. The maximum absolute atomic E-state index is 12.9. The number of aromatic nitrogens is 1. The van der Waals surface area contributed by atoms with Gasteiger partial charge < -0.3 is 14.6 Å². The number of aryl methyl sites for hydroxylation is 2. The molecule has 0 aliphatic heterocycles. The van der Waals surface area contributed by atoms with Crippen LogP contribution in [0.15, 0.2) is 65.6 Å². The fraction of sp³-hybridized carbons (Fsp3) is 0.174. The Morgan fingerprint density at radius 1 is 1.00 bits per heavy atom. The van der Waals surface area contributed by atoms with E-state index in [-0.39, 0.29) is 16.8 Å². The van der Waals surface area contributed by atoms with E-state index in [4.69, 9.17) is 4.74 Å². The normalized spacial score (nSPS) is 10.4. The molecule has 3 aromatic rings. The SMILES string of the molecule is COC(=O)c1ccccc1NC(=O)c1cccn(Cc2cc(C)ccc2C)c1=O. The van der Waals surface area contributed by atoms with Crippen molar-refractivity contribution < 1.29 is 14.3 Å². The second kappa shape index (κ2) is 8.56. The molecular formula is C23H22N2O4. The maximum Gasteiger partial charge on any atom is 0.339 e. The minimum absolute atomic E-state index is 0.00234. The van der Waals surface area contributed by atoms with Crippen molar-refractivity contribution in [3.8, 4) is 0 Å². The number of nitrogens with one attached hydrogen (secondary N) is 1. The summed E-state index contributed by atoms with van der Waals surface area (Å²) >= 11 is 0. The summed E-state index contributed by atoms with van der Waals surface area (Å²) in [6.07, 6.45) is 1.66. The molecule has 0 aliphatic carbocycles. The third-order valence-electron chi connectivity index (χ3n) is 4.69. The number of carbonyl (C=O) groups excluding carboxylic acids is 2. The Hall–Kier alpha value is -3.67. The Morgan fingerprint density at radius 2 is 1.72 bits per heavy atom.